The Morgan fingerprint density at radius 2 is 2.00 bits per heavy atom. The minimum Gasteiger partial charge on any atom is -0.497 e. The summed E-state index contributed by atoms with van der Waals surface area (Å²) in [6, 6.07) is 6.90. The maximum absolute atomic E-state index is 11.1. The fraction of sp³-hybridized carbons (Fsp3) is 0.0909. The van der Waals surface area contributed by atoms with Gasteiger partial charge in [0.1, 0.15) is 12.0 Å². The highest BCUT2D eigenvalue weighted by Crippen LogP contribution is 2.14. The summed E-state index contributed by atoms with van der Waals surface area (Å²) in [6.07, 6.45) is 2.85. The van der Waals surface area contributed by atoms with Crippen LogP contribution in [0.2, 0.25) is 0 Å². The third kappa shape index (κ3) is 3.64. The molecule has 4 nitrogen and oxygen atoms in total. The van der Waals surface area contributed by atoms with Crippen molar-refractivity contribution in [2.75, 3.05) is 12.4 Å². The Hall–Kier alpha value is -2.10. The van der Waals surface area contributed by atoms with E-state index in [1.165, 1.54) is 0 Å². The van der Waals surface area contributed by atoms with Crippen molar-refractivity contribution in [1.82, 2.24) is 0 Å². The van der Waals surface area contributed by atoms with Crippen LogP contribution in [-0.2, 0) is 9.59 Å². The first-order valence-corrected chi connectivity index (χ1v) is 4.33. The average Bonchev–Trinajstić information content (AvgIpc) is 2.27. The summed E-state index contributed by atoms with van der Waals surface area (Å²) < 4.78 is 4.97. The molecule has 0 bridgehead atoms. The Balaban J connectivity index is 2.60. The summed E-state index contributed by atoms with van der Waals surface area (Å²) in [5, 5.41) is 2.59. The van der Waals surface area contributed by atoms with Gasteiger partial charge in [0.15, 0.2) is 0 Å². The number of nitrogens with one attached hydrogen (secondary N) is 1. The molecule has 1 aromatic rings. The zero-order chi connectivity index (χ0) is 11.1. The summed E-state index contributed by atoms with van der Waals surface area (Å²) in [6.45, 7) is 0. The molecule has 0 aromatic heterocycles. The number of hydrogen-bond donors (Lipinski definition) is 1. The minimum absolute atomic E-state index is 0.340. The van der Waals surface area contributed by atoms with E-state index in [-0.39, 0.29) is 5.91 Å². The largest absolute Gasteiger partial charge is 0.497 e. The molecule has 1 rings (SSSR count). The van der Waals surface area contributed by atoms with Crippen LogP contribution in [0.3, 0.4) is 0 Å². The number of benzene rings is 1. The molecule has 78 valence electrons. The van der Waals surface area contributed by atoms with Crippen LogP contribution in [-0.4, -0.2) is 19.3 Å². The van der Waals surface area contributed by atoms with E-state index < -0.39 is 0 Å². The smallest absolute Gasteiger partial charge is 0.248 e. The molecule has 1 amide bonds. The van der Waals surface area contributed by atoms with E-state index in [9.17, 15) is 9.59 Å². The Bertz CT molecular complexity index is 368. The first-order valence-electron chi connectivity index (χ1n) is 4.33. The lowest BCUT2D eigenvalue weighted by atomic mass is 10.3. The van der Waals surface area contributed by atoms with Crippen molar-refractivity contribution in [1.29, 1.82) is 0 Å². The van der Waals surface area contributed by atoms with Gasteiger partial charge in [-0.05, 0) is 30.3 Å². The molecule has 0 radical (unpaired) electrons. The number of hydrogen-bond acceptors (Lipinski definition) is 3. The molecule has 0 fully saturated rings. The number of ether oxygens (including phenoxy) is 1. The van der Waals surface area contributed by atoms with E-state index in [0.29, 0.717) is 12.0 Å². The van der Waals surface area contributed by atoms with E-state index in [2.05, 4.69) is 5.32 Å². The Morgan fingerprint density at radius 3 is 2.53 bits per heavy atom. The molecule has 1 aromatic carbocycles. The van der Waals surface area contributed by atoms with Gasteiger partial charge in [0.05, 0.1) is 7.11 Å². The van der Waals surface area contributed by atoms with Crippen molar-refractivity contribution in [2.45, 2.75) is 0 Å². The lowest BCUT2D eigenvalue weighted by Crippen LogP contribution is -2.07. The van der Waals surface area contributed by atoms with Gasteiger partial charge in [-0.1, -0.05) is 0 Å². The second kappa shape index (κ2) is 5.59. The van der Waals surface area contributed by atoms with Gasteiger partial charge in [0.2, 0.25) is 5.91 Å². The molecular formula is C11H11NO3. The van der Waals surface area contributed by atoms with Crippen LogP contribution in [0.25, 0.3) is 0 Å². The van der Waals surface area contributed by atoms with Gasteiger partial charge < -0.3 is 10.1 Å². The Kier molecular flexibility index (Phi) is 4.09. The number of carbonyl (C=O) groups is 2. The van der Waals surface area contributed by atoms with E-state index in [1.807, 2.05) is 0 Å². The SMILES string of the molecule is COc1ccc(NC(=O)/C=C/C=O)cc1. The molecule has 0 aliphatic rings. The van der Waals surface area contributed by atoms with Gasteiger partial charge in [-0.15, -0.1) is 0 Å². The molecule has 15 heavy (non-hydrogen) atoms. The first kappa shape index (κ1) is 11.0. The summed E-state index contributed by atoms with van der Waals surface area (Å²) in [7, 11) is 1.57. The number of anilines is 1. The quantitative estimate of drug-likeness (QED) is 0.597. The van der Waals surface area contributed by atoms with Crippen LogP contribution in [0, 0.1) is 0 Å². The predicted octanol–water partition coefficient (Wildman–Crippen LogP) is 1.39. The molecule has 0 heterocycles. The molecule has 0 saturated heterocycles. The van der Waals surface area contributed by atoms with E-state index in [1.54, 1.807) is 31.4 Å². The second-order valence-corrected chi connectivity index (χ2v) is 2.71. The number of aldehydes is 1. The maximum atomic E-state index is 11.1. The monoisotopic (exact) mass is 205 g/mol. The van der Waals surface area contributed by atoms with Crippen LogP contribution < -0.4 is 10.1 Å². The third-order valence-corrected chi connectivity index (χ3v) is 1.68. The molecule has 0 saturated carbocycles. The van der Waals surface area contributed by atoms with E-state index in [0.717, 1.165) is 17.9 Å². The zero-order valence-electron chi connectivity index (χ0n) is 8.27. The average molecular weight is 205 g/mol. The summed E-state index contributed by atoms with van der Waals surface area (Å²) in [5.74, 6) is 0.378. The summed E-state index contributed by atoms with van der Waals surface area (Å²) in [4.78, 5) is 21.1. The van der Waals surface area contributed by atoms with Crippen LogP contribution >= 0.6 is 0 Å². The number of amides is 1. The predicted molar refractivity (Wildman–Crippen MR) is 56.8 cm³/mol. The molecule has 0 spiro atoms. The molecule has 0 atom stereocenters. The number of rotatable bonds is 4. The van der Waals surface area contributed by atoms with Crippen LogP contribution in [0.5, 0.6) is 5.75 Å². The van der Waals surface area contributed by atoms with Crippen molar-refractivity contribution < 1.29 is 14.3 Å². The van der Waals surface area contributed by atoms with Gasteiger partial charge in [0, 0.05) is 11.8 Å². The summed E-state index contributed by atoms with van der Waals surface area (Å²) >= 11 is 0. The molecular weight excluding hydrogens is 194 g/mol. The highest BCUT2D eigenvalue weighted by atomic mass is 16.5. The summed E-state index contributed by atoms with van der Waals surface area (Å²) in [5.41, 5.74) is 0.649. The Labute approximate surface area is 87.6 Å². The zero-order valence-corrected chi connectivity index (χ0v) is 8.27. The van der Waals surface area contributed by atoms with Gasteiger partial charge in [0.25, 0.3) is 0 Å². The maximum Gasteiger partial charge on any atom is 0.248 e. The fourth-order valence-electron chi connectivity index (χ4n) is 0.985. The van der Waals surface area contributed by atoms with Crippen LogP contribution in [0.1, 0.15) is 0 Å². The number of allylic oxidation sites excluding steroid dienone is 1. The molecule has 0 aliphatic heterocycles. The van der Waals surface area contributed by atoms with Crippen molar-refractivity contribution >= 4 is 17.9 Å². The molecule has 0 unspecified atom stereocenters. The van der Waals surface area contributed by atoms with Crippen LogP contribution in [0.15, 0.2) is 36.4 Å². The highest BCUT2D eigenvalue weighted by molar-refractivity contribution is 6.01. The minimum atomic E-state index is -0.340. The number of methoxy groups -OCH3 is 1. The fourth-order valence-corrected chi connectivity index (χ4v) is 0.985. The standard InChI is InChI=1S/C11H11NO3/c1-15-10-6-4-9(5-7-10)12-11(14)3-2-8-13/h2-8H,1H3,(H,12,14)/b3-2+. The van der Waals surface area contributed by atoms with E-state index in [4.69, 9.17) is 4.74 Å². The molecule has 4 heteroatoms. The molecule has 1 N–H and O–H groups in total. The van der Waals surface area contributed by atoms with Crippen molar-refractivity contribution in [3.8, 4) is 5.75 Å². The van der Waals surface area contributed by atoms with Crippen molar-refractivity contribution in [2.24, 2.45) is 0 Å². The molecule has 0 aliphatic carbocycles. The lowest BCUT2D eigenvalue weighted by molar-refractivity contribution is -0.112. The van der Waals surface area contributed by atoms with Gasteiger partial charge >= 0.3 is 0 Å². The first-order chi connectivity index (χ1) is 7.26. The Morgan fingerprint density at radius 1 is 1.33 bits per heavy atom. The lowest BCUT2D eigenvalue weighted by Gasteiger charge is -2.03. The normalized spacial score (nSPS) is 9.93. The number of carbonyl (C=O) groups excluding carboxylic acids is 2. The topological polar surface area (TPSA) is 55.4 Å². The van der Waals surface area contributed by atoms with E-state index >= 15 is 0 Å². The highest BCUT2D eigenvalue weighted by Gasteiger charge is 1.97. The van der Waals surface area contributed by atoms with Gasteiger partial charge in [-0.25, -0.2) is 0 Å². The van der Waals surface area contributed by atoms with Gasteiger partial charge in [-0.2, -0.15) is 0 Å². The second-order valence-electron chi connectivity index (χ2n) is 2.71. The van der Waals surface area contributed by atoms with Crippen molar-refractivity contribution in [3.63, 3.8) is 0 Å². The van der Waals surface area contributed by atoms with Gasteiger partial charge in [-0.3, -0.25) is 9.59 Å². The third-order valence-electron chi connectivity index (χ3n) is 1.68. The van der Waals surface area contributed by atoms with Crippen LogP contribution in [0.4, 0.5) is 5.69 Å². The van der Waals surface area contributed by atoms with Crippen molar-refractivity contribution in [3.05, 3.63) is 36.4 Å².